The SMILES string of the molecule is CC[C@H](C)[C@H](NC(=O)[C@H](CC(C)C)NC(=O)[C@@H](N)CCC(N)=O)C(=O)N[C@@H](CO)C(=O)N[C@@H](CC(C)C)C(=O)N[C@@H](CCCN=C(N)N)C(=O)N1CCC[C@H]1C(=O)N[C@@H](CCC(=O)O)C(=O)N[C@@H](CCCCN)C(=O)N[C@@H](CC(=O)O)C(=O)NCC(=O)N[C@@H](C)C(=O)N[C@@H](C)C(=O)N[C@H](C(=O)NCC(=O)O)[C@@H](C)O. The first-order valence-electron chi connectivity index (χ1n) is 35.9. The van der Waals surface area contributed by atoms with Crippen LogP contribution in [0.25, 0.3) is 0 Å². The smallest absolute Gasteiger partial charge is 0.322 e. The summed E-state index contributed by atoms with van der Waals surface area (Å²) in [6.45, 7) is 10.9. The van der Waals surface area contributed by atoms with Crippen LogP contribution >= 0.6 is 0 Å². The van der Waals surface area contributed by atoms with E-state index in [4.69, 9.17) is 33.8 Å². The number of nitrogens with one attached hydrogen (secondary N) is 13. The van der Waals surface area contributed by atoms with Gasteiger partial charge in [0.25, 0.3) is 0 Å². The van der Waals surface area contributed by atoms with Gasteiger partial charge in [0, 0.05) is 25.9 Å². The molecule has 0 radical (unpaired) electrons. The molecule has 1 aliphatic rings. The van der Waals surface area contributed by atoms with E-state index in [1.165, 1.54) is 13.8 Å². The number of rotatable bonds is 52. The summed E-state index contributed by atoms with van der Waals surface area (Å²) in [4.78, 5) is 243. The number of hydrogen-bond donors (Lipinski definition) is 23. The number of unbranched alkanes of at least 4 members (excludes halogenated alkanes) is 1. The number of nitrogens with two attached hydrogens (primary N) is 5. The second kappa shape index (κ2) is 49.5. The van der Waals surface area contributed by atoms with E-state index in [1.807, 2.05) is 5.32 Å². The first-order valence-corrected chi connectivity index (χ1v) is 35.9. The van der Waals surface area contributed by atoms with Crippen LogP contribution in [0.15, 0.2) is 4.99 Å². The number of aliphatic carboxylic acids is 3. The molecule has 0 aliphatic carbocycles. The molecule has 0 saturated carbocycles. The van der Waals surface area contributed by atoms with Crippen molar-refractivity contribution in [2.45, 2.75) is 243 Å². The molecule has 43 heteroatoms. The van der Waals surface area contributed by atoms with Gasteiger partial charge in [-0.25, -0.2) is 0 Å². The Morgan fingerprint density at radius 3 is 1.51 bits per heavy atom. The minimum Gasteiger partial charge on any atom is -0.481 e. The van der Waals surface area contributed by atoms with Gasteiger partial charge in [-0.3, -0.25) is 91.3 Å². The van der Waals surface area contributed by atoms with Crippen LogP contribution < -0.4 is 97.8 Å². The van der Waals surface area contributed by atoms with Gasteiger partial charge in [-0.2, -0.15) is 0 Å². The van der Waals surface area contributed by atoms with Crippen LogP contribution in [0, 0.1) is 17.8 Å². The number of aliphatic imine (C=N–C) groups is 1. The summed E-state index contributed by atoms with van der Waals surface area (Å²) >= 11 is 0. The van der Waals surface area contributed by atoms with Crippen LogP contribution in [0.4, 0.5) is 0 Å². The van der Waals surface area contributed by atoms with Crippen molar-refractivity contribution < 1.29 is 112 Å². The lowest BCUT2D eigenvalue weighted by atomic mass is 9.96. The van der Waals surface area contributed by atoms with Crippen LogP contribution in [-0.2, 0) is 86.3 Å². The quantitative estimate of drug-likeness (QED) is 0.0153. The lowest BCUT2D eigenvalue weighted by Crippen LogP contribution is -2.61. The van der Waals surface area contributed by atoms with Gasteiger partial charge < -0.3 is 128 Å². The fourth-order valence-corrected chi connectivity index (χ4v) is 10.8. The lowest BCUT2D eigenvalue weighted by Gasteiger charge is -2.31. The lowest BCUT2D eigenvalue weighted by molar-refractivity contribution is -0.143. The highest BCUT2D eigenvalue weighted by Crippen LogP contribution is 2.22. The van der Waals surface area contributed by atoms with Crippen LogP contribution in [0.2, 0.25) is 0 Å². The molecule has 0 unspecified atom stereocenters. The predicted octanol–water partition coefficient (Wildman–Crippen LogP) is -8.71. The summed E-state index contributed by atoms with van der Waals surface area (Å²) in [5, 5.41) is 79.6. The van der Waals surface area contributed by atoms with E-state index in [9.17, 15) is 107 Å². The Morgan fingerprint density at radius 1 is 0.486 bits per heavy atom. The molecule has 0 aromatic carbocycles. The minimum absolute atomic E-state index is 0.0347. The van der Waals surface area contributed by atoms with E-state index in [2.05, 4.69) is 68.8 Å². The minimum atomic E-state index is -1.96. The number of amides is 15. The number of carboxylic acids is 3. The number of hydrogen-bond acceptors (Lipinski definition) is 23. The largest absolute Gasteiger partial charge is 0.481 e. The first kappa shape index (κ1) is 96.6. The summed E-state index contributed by atoms with van der Waals surface area (Å²) < 4.78 is 0. The number of likely N-dealkylation sites (tertiary alicyclic amines) is 1. The maximum atomic E-state index is 14.8. The first-order chi connectivity index (χ1) is 51.0. The molecule has 0 bridgehead atoms. The zero-order valence-corrected chi connectivity index (χ0v) is 63.0. The Kier molecular flexibility index (Phi) is 43.9. The Hall–Kier alpha value is -10.4. The van der Waals surface area contributed by atoms with Crippen molar-refractivity contribution in [3.63, 3.8) is 0 Å². The Labute approximate surface area is 630 Å². The van der Waals surface area contributed by atoms with Gasteiger partial charge in [0.15, 0.2) is 5.96 Å². The molecular formula is C66H114N20O23. The average Bonchev–Trinajstić information content (AvgIpc) is 1.54. The van der Waals surface area contributed by atoms with Gasteiger partial charge in [0.1, 0.15) is 79.0 Å². The molecule has 1 rings (SSSR count). The summed E-state index contributed by atoms with van der Waals surface area (Å²) in [7, 11) is 0. The molecule has 28 N–H and O–H groups in total. The maximum Gasteiger partial charge on any atom is 0.322 e. The molecule has 1 aliphatic heterocycles. The number of primary amides is 1. The molecule has 109 heavy (non-hydrogen) atoms. The molecule has 0 aromatic rings. The Morgan fingerprint density at radius 2 is 0.982 bits per heavy atom. The molecular weight excluding hydrogens is 1440 g/mol. The number of carboxylic acid groups (broad SMARTS) is 3. The van der Waals surface area contributed by atoms with E-state index >= 15 is 0 Å². The van der Waals surface area contributed by atoms with Crippen molar-refractivity contribution in [1.82, 2.24) is 74.0 Å². The van der Waals surface area contributed by atoms with Gasteiger partial charge >= 0.3 is 17.9 Å². The van der Waals surface area contributed by atoms with Crippen LogP contribution in [0.1, 0.15) is 159 Å². The fraction of sp³-hybridized carbons (Fsp3) is 0.712. The number of carbonyl (C=O) groups is 18. The van der Waals surface area contributed by atoms with Gasteiger partial charge in [0.05, 0.1) is 31.7 Å². The molecule has 43 nitrogen and oxygen atoms in total. The molecule has 1 saturated heterocycles. The third-order valence-corrected chi connectivity index (χ3v) is 17.0. The van der Waals surface area contributed by atoms with Crippen LogP contribution in [0.3, 0.4) is 0 Å². The van der Waals surface area contributed by atoms with Crippen molar-refractivity contribution in [3.05, 3.63) is 0 Å². The highest BCUT2D eigenvalue weighted by atomic mass is 16.4. The van der Waals surface area contributed by atoms with Crippen LogP contribution in [-0.4, -0.2) is 267 Å². The summed E-state index contributed by atoms with van der Waals surface area (Å²) in [6, 6.07) is -19.7. The summed E-state index contributed by atoms with van der Waals surface area (Å²) in [5.74, 6) is -20.6. The normalized spacial score (nSPS) is 16.4. The number of guanidine groups is 1. The maximum absolute atomic E-state index is 14.8. The van der Waals surface area contributed by atoms with Crippen molar-refractivity contribution in [1.29, 1.82) is 0 Å². The van der Waals surface area contributed by atoms with E-state index < -0.39 is 236 Å². The third kappa shape index (κ3) is 36.8. The van der Waals surface area contributed by atoms with Gasteiger partial charge in [0.2, 0.25) is 88.6 Å². The Bertz CT molecular complexity index is 3190. The molecule has 0 spiro atoms. The van der Waals surface area contributed by atoms with Gasteiger partial charge in [-0.1, -0.05) is 48.0 Å². The van der Waals surface area contributed by atoms with Crippen molar-refractivity contribution in [2.75, 3.05) is 39.3 Å². The predicted molar refractivity (Wildman–Crippen MR) is 386 cm³/mol. The summed E-state index contributed by atoms with van der Waals surface area (Å²) in [5.41, 5.74) is 28.0. The van der Waals surface area contributed by atoms with Gasteiger partial charge in [-0.15, -0.1) is 0 Å². The second-order valence-corrected chi connectivity index (χ2v) is 27.4. The average molecular weight is 1560 g/mol. The third-order valence-electron chi connectivity index (χ3n) is 17.0. The molecule has 1 fully saturated rings. The molecule has 15 atom stereocenters. The molecule has 15 amide bonds. The standard InChI is InChI=1S/C66H114N20O23/c1-10-33(6)51(84-60(104)42(26-32(4)5)80-55(99)37(68)18-20-46(69)89)64(108)83-44(30-87)61(105)81-41(25-31(2)3)59(103)79-40(16-13-23-72-66(70)71)65(109)86-24-14-17-45(86)62(106)78-39(19-21-48(91)92)58(102)77-38(15-11-12-22-67)57(101)82-43(27-49(93)94)56(100)73-28-47(90)75-34(7)53(97)76-35(8)54(98)85-52(36(9)88)63(107)74-29-50(95)96/h31-45,51-52,87-88H,10-30,67-68H2,1-9H3,(H2,69,89)(H,73,100)(H,74,107)(H,75,90)(H,76,97)(H,77,102)(H,78,106)(H,79,103)(H,80,99)(H,81,105)(H,82,101)(H,83,108)(H,84,104)(H,85,98)(H,91,92)(H,93,94)(H,95,96)(H4,70,71,72)/t33-,34-,35-,36+,37-,38-,39-,40-,41-,42-,43-,44-,45-,51-,52-/m0/s1. The van der Waals surface area contributed by atoms with Crippen molar-refractivity contribution >= 4 is 112 Å². The van der Waals surface area contributed by atoms with E-state index in [-0.39, 0.29) is 108 Å². The van der Waals surface area contributed by atoms with E-state index in [0.29, 0.717) is 6.42 Å². The number of aliphatic hydroxyl groups is 2. The molecule has 0 aromatic heterocycles. The number of nitrogens with zero attached hydrogens (tertiary/aromatic N) is 2. The molecule has 1 heterocycles. The highest BCUT2D eigenvalue weighted by Gasteiger charge is 2.42. The molecule has 616 valence electrons. The van der Waals surface area contributed by atoms with E-state index in [0.717, 1.165) is 11.8 Å². The summed E-state index contributed by atoms with van der Waals surface area (Å²) in [6.07, 6.45) is -3.91. The second-order valence-electron chi connectivity index (χ2n) is 27.4. The number of carbonyl (C=O) groups excluding carboxylic acids is 15. The zero-order valence-electron chi connectivity index (χ0n) is 63.0. The Balaban J connectivity index is 3.51. The van der Waals surface area contributed by atoms with Crippen molar-refractivity contribution in [3.8, 4) is 0 Å². The number of aliphatic hydroxyl groups excluding tert-OH is 2. The zero-order chi connectivity index (χ0) is 83.1. The highest BCUT2D eigenvalue weighted by molar-refractivity contribution is 6.01. The van der Waals surface area contributed by atoms with E-state index in [1.54, 1.807) is 41.5 Å². The fourth-order valence-electron chi connectivity index (χ4n) is 10.8. The van der Waals surface area contributed by atoms with Crippen LogP contribution in [0.5, 0.6) is 0 Å². The van der Waals surface area contributed by atoms with Gasteiger partial charge in [-0.05, 0) is 116 Å². The van der Waals surface area contributed by atoms with Crippen molar-refractivity contribution in [2.24, 2.45) is 51.4 Å². The topological polar surface area (TPSA) is 710 Å². The monoisotopic (exact) mass is 1550 g/mol.